The summed E-state index contributed by atoms with van der Waals surface area (Å²) in [5.74, 6) is 1.38. The average molecular weight is 379 g/mol. The molecule has 0 spiro atoms. The number of aliphatic imine (C=N–C) groups is 1. The molecule has 2 rings (SSSR count). The maximum absolute atomic E-state index is 11.9. The summed E-state index contributed by atoms with van der Waals surface area (Å²) in [6.07, 6.45) is 1.63. The molecule has 0 saturated heterocycles. The lowest BCUT2D eigenvalue weighted by atomic mass is 10.2. The lowest BCUT2D eigenvalue weighted by Crippen LogP contribution is -2.41. The third-order valence-electron chi connectivity index (χ3n) is 3.04. The van der Waals surface area contributed by atoms with Crippen molar-refractivity contribution < 1.29 is 9.21 Å². The van der Waals surface area contributed by atoms with Crippen LogP contribution in [-0.4, -0.2) is 32.0 Å². The van der Waals surface area contributed by atoms with Gasteiger partial charge in [-0.3, -0.25) is 9.79 Å². The van der Waals surface area contributed by atoms with Crippen molar-refractivity contribution in [3.63, 3.8) is 0 Å². The number of carbonyl (C=O) groups excluding carboxylic acids is 1. The number of nitrogens with zero attached hydrogens (tertiary/aromatic N) is 1. The molecule has 3 N–H and O–H groups in total. The monoisotopic (exact) mass is 378 g/mol. The highest BCUT2D eigenvalue weighted by Crippen LogP contribution is 2.10. The lowest BCUT2D eigenvalue weighted by Gasteiger charge is -2.11. The average Bonchev–Trinajstić information content (AvgIpc) is 3.08. The maximum atomic E-state index is 11.9. The molecule has 1 heterocycles. The summed E-state index contributed by atoms with van der Waals surface area (Å²) in [6, 6.07) is 11.0. The Labute approximate surface area is 143 Å². The number of benzene rings is 1. The molecule has 0 saturated carbocycles. The van der Waals surface area contributed by atoms with Crippen LogP contribution in [0.15, 0.2) is 56.5 Å². The van der Waals surface area contributed by atoms with Crippen LogP contribution in [0.1, 0.15) is 16.1 Å². The van der Waals surface area contributed by atoms with Crippen LogP contribution >= 0.6 is 15.9 Å². The zero-order chi connectivity index (χ0) is 16.5. The number of amides is 1. The van der Waals surface area contributed by atoms with E-state index in [2.05, 4.69) is 36.9 Å². The summed E-state index contributed by atoms with van der Waals surface area (Å²) < 4.78 is 6.18. The van der Waals surface area contributed by atoms with Crippen molar-refractivity contribution in [2.75, 3.05) is 20.1 Å². The molecule has 0 aliphatic carbocycles. The molecule has 0 unspecified atom stereocenters. The van der Waals surface area contributed by atoms with E-state index in [0.29, 0.717) is 31.2 Å². The zero-order valence-corrected chi connectivity index (χ0v) is 14.4. The first-order valence-electron chi connectivity index (χ1n) is 7.19. The van der Waals surface area contributed by atoms with Crippen LogP contribution in [0.3, 0.4) is 0 Å². The van der Waals surface area contributed by atoms with Gasteiger partial charge in [0.2, 0.25) is 0 Å². The lowest BCUT2D eigenvalue weighted by molar-refractivity contribution is 0.0954. The van der Waals surface area contributed by atoms with Gasteiger partial charge in [-0.25, -0.2) is 0 Å². The van der Waals surface area contributed by atoms with Crippen LogP contribution in [0.25, 0.3) is 0 Å². The molecule has 2 aromatic rings. The predicted octanol–water partition coefficient (Wildman–Crippen LogP) is 2.14. The Morgan fingerprint density at radius 3 is 2.52 bits per heavy atom. The Hall–Kier alpha value is -2.28. The highest BCUT2D eigenvalue weighted by molar-refractivity contribution is 9.10. The van der Waals surface area contributed by atoms with Crippen molar-refractivity contribution in [2.24, 2.45) is 4.99 Å². The quantitative estimate of drug-likeness (QED) is 0.408. The van der Waals surface area contributed by atoms with Gasteiger partial charge in [0.15, 0.2) is 5.96 Å². The van der Waals surface area contributed by atoms with Crippen molar-refractivity contribution in [3.8, 4) is 0 Å². The van der Waals surface area contributed by atoms with Gasteiger partial charge in [0, 0.05) is 30.2 Å². The van der Waals surface area contributed by atoms with Crippen LogP contribution in [-0.2, 0) is 6.54 Å². The number of hydrogen-bond donors (Lipinski definition) is 3. The van der Waals surface area contributed by atoms with E-state index >= 15 is 0 Å². The highest BCUT2D eigenvalue weighted by atomic mass is 79.9. The van der Waals surface area contributed by atoms with Gasteiger partial charge in [0.25, 0.3) is 5.91 Å². The van der Waals surface area contributed by atoms with Crippen LogP contribution in [0.4, 0.5) is 0 Å². The van der Waals surface area contributed by atoms with Gasteiger partial charge in [0.1, 0.15) is 5.76 Å². The molecule has 1 aromatic carbocycles. The third kappa shape index (κ3) is 5.78. The number of guanidine groups is 1. The summed E-state index contributed by atoms with van der Waals surface area (Å²) in [4.78, 5) is 16.0. The van der Waals surface area contributed by atoms with E-state index in [-0.39, 0.29) is 5.91 Å². The first kappa shape index (κ1) is 17.1. The minimum absolute atomic E-state index is 0.0992. The summed E-state index contributed by atoms with van der Waals surface area (Å²) >= 11 is 3.34. The molecule has 6 nitrogen and oxygen atoms in total. The number of carbonyl (C=O) groups is 1. The van der Waals surface area contributed by atoms with E-state index < -0.39 is 0 Å². The number of hydrogen-bond acceptors (Lipinski definition) is 3. The Balaban J connectivity index is 1.67. The van der Waals surface area contributed by atoms with Gasteiger partial charge in [-0.1, -0.05) is 15.9 Å². The third-order valence-corrected chi connectivity index (χ3v) is 3.57. The molecule has 1 aromatic heterocycles. The van der Waals surface area contributed by atoms with Gasteiger partial charge in [-0.05, 0) is 36.4 Å². The molecule has 0 atom stereocenters. The molecule has 0 radical (unpaired) electrons. The molecule has 0 aliphatic heterocycles. The largest absolute Gasteiger partial charge is 0.467 e. The normalized spacial score (nSPS) is 11.1. The van der Waals surface area contributed by atoms with Gasteiger partial charge in [0.05, 0.1) is 12.8 Å². The first-order chi connectivity index (χ1) is 11.2. The Morgan fingerprint density at radius 2 is 1.87 bits per heavy atom. The minimum atomic E-state index is -0.0992. The van der Waals surface area contributed by atoms with Crippen molar-refractivity contribution in [2.45, 2.75) is 6.54 Å². The Kier molecular flexibility index (Phi) is 6.68. The molecule has 0 aliphatic rings. The highest BCUT2D eigenvalue weighted by Gasteiger charge is 2.04. The molecule has 122 valence electrons. The molecular formula is C16H19BrN4O2. The molecule has 1 amide bonds. The first-order valence-corrected chi connectivity index (χ1v) is 7.99. The molecule has 0 fully saturated rings. The van der Waals surface area contributed by atoms with Crippen LogP contribution in [0, 0.1) is 0 Å². The predicted molar refractivity (Wildman–Crippen MR) is 93.4 cm³/mol. The molecular weight excluding hydrogens is 360 g/mol. The van der Waals surface area contributed by atoms with Gasteiger partial charge in [-0.15, -0.1) is 0 Å². The summed E-state index contributed by atoms with van der Waals surface area (Å²) in [6.45, 7) is 1.62. The van der Waals surface area contributed by atoms with E-state index in [4.69, 9.17) is 4.42 Å². The van der Waals surface area contributed by atoms with E-state index in [1.165, 1.54) is 0 Å². The zero-order valence-electron chi connectivity index (χ0n) is 12.8. The second-order valence-electron chi connectivity index (χ2n) is 4.69. The smallest absolute Gasteiger partial charge is 0.251 e. The second-order valence-corrected chi connectivity index (χ2v) is 5.61. The van der Waals surface area contributed by atoms with Crippen molar-refractivity contribution in [3.05, 3.63) is 58.5 Å². The topological polar surface area (TPSA) is 78.7 Å². The van der Waals surface area contributed by atoms with Crippen LogP contribution in [0.2, 0.25) is 0 Å². The maximum Gasteiger partial charge on any atom is 0.251 e. The Morgan fingerprint density at radius 1 is 1.13 bits per heavy atom. The summed E-state index contributed by atoms with van der Waals surface area (Å²) in [5.41, 5.74) is 0.633. The van der Waals surface area contributed by atoms with Crippen molar-refractivity contribution >= 4 is 27.8 Å². The standard InChI is InChI=1S/C16H19BrN4O2/c1-18-16(21-11-14-3-2-10-23-14)20-9-8-19-15(22)12-4-6-13(17)7-5-12/h2-7,10H,8-9,11H2,1H3,(H,19,22)(H2,18,20,21). The summed E-state index contributed by atoms with van der Waals surface area (Å²) in [7, 11) is 1.69. The van der Waals surface area contributed by atoms with Crippen LogP contribution in [0.5, 0.6) is 0 Å². The summed E-state index contributed by atoms with van der Waals surface area (Å²) in [5, 5.41) is 9.10. The molecule has 0 bridgehead atoms. The fourth-order valence-electron chi connectivity index (χ4n) is 1.86. The van der Waals surface area contributed by atoms with E-state index in [9.17, 15) is 4.79 Å². The van der Waals surface area contributed by atoms with Crippen molar-refractivity contribution in [1.82, 2.24) is 16.0 Å². The molecule has 7 heteroatoms. The fourth-order valence-corrected chi connectivity index (χ4v) is 2.13. The molecule has 23 heavy (non-hydrogen) atoms. The number of halogens is 1. The minimum Gasteiger partial charge on any atom is -0.467 e. The second kappa shape index (κ2) is 8.99. The SMILES string of the molecule is CN=C(NCCNC(=O)c1ccc(Br)cc1)NCc1ccco1. The van der Waals surface area contributed by atoms with Gasteiger partial charge >= 0.3 is 0 Å². The number of furan rings is 1. The van der Waals surface area contributed by atoms with E-state index in [1.54, 1.807) is 25.4 Å². The fraction of sp³-hybridized carbons (Fsp3) is 0.250. The van der Waals surface area contributed by atoms with E-state index in [0.717, 1.165) is 10.2 Å². The van der Waals surface area contributed by atoms with Gasteiger partial charge < -0.3 is 20.4 Å². The number of rotatable bonds is 6. The Bertz CT molecular complexity index is 639. The van der Waals surface area contributed by atoms with Crippen molar-refractivity contribution in [1.29, 1.82) is 0 Å². The van der Waals surface area contributed by atoms with Gasteiger partial charge in [-0.2, -0.15) is 0 Å². The number of nitrogens with one attached hydrogen (secondary N) is 3. The van der Waals surface area contributed by atoms with E-state index in [1.807, 2.05) is 24.3 Å². The van der Waals surface area contributed by atoms with Crippen LogP contribution < -0.4 is 16.0 Å².